The zero-order chi connectivity index (χ0) is 13.0. The molecule has 0 unspecified atom stereocenters. The molecular formula is C15H10INO. The van der Waals surface area contributed by atoms with E-state index in [0.29, 0.717) is 17.5 Å². The minimum atomic E-state index is 0.0728. The highest BCUT2D eigenvalue weighted by atomic mass is 127. The van der Waals surface area contributed by atoms with E-state index in [1.54, 1.807) is 18.2 Å². The summed E-state index contributed by atoms with van der Waals surface area (Å²) in [6.45, 7) is 0. The van der Waals surface area contributed by atoms with Crippen LogP contribution in [0.5, 0.6) is 0 Å². The molecule has 0 bridgehead atoms. The number of carbonyl (C=O) groups is 1. The summed E-state index contributed by atoms with van der Waals surface area (Å²) in [7, 11) is 0. The molecule has 2 aromatic rings. The lowest BCUT2D eigenvalue weighted by Gasteiger charge is -2.02. The molecule has 0 aromatic heterocycles. The number of halogens is 1. The van der Waals surface area contributed by atoms with E-state index in [0.717, 1.165) is 9.13 Å². The maximum absolute atomic E-state index is 12.1. The largest absolute Gasteiger partial charge is 0.294 e. The van der Waals surface area contributed by atoms with Crippen molar-refractivity contribution < 1.29 is 4.79 Å². The van der Waals surface area contributed by atoms with E-state index in [-0.39, 0.29) is 5.78 Å². The number of nitrogens with zero attached hydrogens (tertiary/aromatic N) is 1. The number of Topliss-reactive ketones (excluding diaryl/α,β-unsaturated/α-hetero) is 1. The Bertz CT molecular complexity index is 628. The predicted octanol–water partition coefficient (Wildman–Crippen LogP) is 3.59. The molecule has 88 valence electrons. The van der Waals surface area contributed by atoms with Crippen molar-refractivity contribution in [3.63, 3.8) is 0 Å². The summed E-state index contributed by atoms with van der Waals surface area (Å²) in [5.74, 6) is 0.0728. The molecule has 0 radical (unpaired) electrons. The molecule has 2 aromatic carbocycles. The van der Waals surface area contributed by atoms with E-state index in [9.17, 15) is 4.79 Å². The molecule has 0 saturated carbocycles. The number of ketones is 1. The van der Waals surface area contributed by atoms with Crippen LogP contribution in [0.1, 0.15) is 21.5 Å². The fraction of sp³-hybridized carbons (Fsp3) is 0.0667. The lowest BCUT2D eigenvalue weighted by molar-refractivity contribution is 0.0993. The van der Waals surface area contributed by atoms with Crippen molar-refractivity contribution in [3.8, 4) is 6.07 Å². The van der Waals surface area contributed by atoms with Crippen molar-refractivity contribution in [3.05, 3.63) is 68.8 Å². The molecule has 3 heteroatoms. The van der Waals surface area contributed by atoms with Crippen LogP contribution in [0.25, 0.3) is 0 Å². The Morgan fingerprint density at radius 2 is 1.94 bits per heavy atom. The molecule has 18 heavy (non-hydrogen) atoms. The van der Waals surface area contributed by atoms with Crippen LogP contribution >= 0.6 is 22.6 Å². The first-order valence-electron chi connectivity index (χ1n) is 5.47. The lowest BCUT2D eigenvalue weighted by Crippen LogP contribution is -2.03. The average Bonchev–Trinajstić information content (AvgIpc) is 2.39. The quantitative estimate of drug-likeness (QED) is 0.629. The van der Waals surface area contributed by atoms with Gasteiger partial charge in [0.2, 0.25) is 0 Å². The van der Waals surface area contributed by atoms with Gasteiger partial charge in [0, 0.05) is 15.6 Å². The van der Waals surface area contributed by atoms with E-state index in [1.807, 2.05) is 30.3 Å². The molecule has 2 nitrogen and oxygen atoms in total. The maximum Gasteiger partial charge on any atom is 0.167 e. The van der Waals surface area contributed by atoms with Gasteiger partial charge in [0.1, 0.15) is 0 Å². The van der Waals surface area contributed by atoms with Crippen LogP contribution in [-0.2, 0) is 6.42 Å². The lowest BCUT2D eigenvalue weighted by atomic mass is 10.0. The third kappa shape index (κ3) is 3.17. The van der Waals surface area contributed by atoms with Gasteiger partial charge in [0.05, 0.1) is 11.6 Å². The minimum absolute atomic E-state index is 0.0728. The highest BCUT2D eigenvalue weighted by Crippen LogP contribution is 2.12. The van der Waals surface area contributed by atoms with Gasteiger partial charge in [-0.2, -0.15) is 5.26 Å². The Kier molecular flexibility index (Phi) is 4.11. The molecule has 0 atom stereocenters. The van der Waals surface area contributed by atoms with E-state index in [1.165, 1.54) is 0 Å². The molecule has 0 amide bonds. The summed E-state index contributed by atoms with van der Waals surface area (Å²) < 4.78 is 1.05. The van der Waals surface area contributed by atoms with E-state index >= 15 is 0 Å². The molecule has 0 aliphatic rings. The van der Waals surface area contributed by atoms with Crippen LogP contribution < -0.4 is 0 Å². The molecule has 2 rings (SSSR count). The molecule has 0 saturated heterocycles. The summed E-state index contributed by atoms with van der Waals surface area (Å²) in [5, 5.41) is 8.81. The molecule has 0 spiro atoms. The molecule has 0 heterocycles. The summed E-state index contributed by atoms with van der Waals surface area (Å²) >= 11 is 2.19. The van der Waals surface area contributed by atoms with Gasteiger partial charge >= 0.3 is 0 Å². The topological polar surface area (TPSA) is 40.9 Å². The van der Waals surface area contributed by atoms with Gasteiger partial charge in [-0.25, -0.2) is 0 Å². The molecule has 0 aliphatic heterocycles. The van der Waals surface area contributed by atoms with Crippen molar-refractivity contribution >= 4 is 28.4 Å². The monoisotopic (exact) mass is 347 g/mol. The fourth-order valence-electron chi connectivity index (χ4n) is 1.70. The zero-order valence-corrected chi connectivity index (χ0v) is 11.7. The molecular weight excluding hydrogens is 337 g/mol. The van der Waals surface area contributed by atoms with Crippen LogP contribution in [0, 0.1) is 14.9 Å². The van der Waals surface area contributed by atoms with Crippen LogP contribution in [-0.4, -0.2) is 5.78 Å². The van der Waals surface area contributed by atoms with Gasteiger partial charge in [-0.15, -0.1) is 0 Å². The summed E-state index contributed by atoms with van der Waals surface area (Å²) in [6, 6.07) is 16.8. The third-order valence-electron chi connectivity index (χ3n) is 2.57. The average molecular weight is 347 g/mol. The van der Waals surface area contributed by atoms with Gasteiger partial charge in [-0.3, -0.25) is 4.79 Å². The Hall–Kier alpha value is -1.67. The highest BCUT2D eigenvalue weighted by Gasteiger charge is 2.07. The minimum Gasteiger partial charge on any atom is -0.294 e. The SMILES string of the molecule is N#Cc1cccc(CC(=O)c2cccc(I)c2)c1. The number of benzene rings is 2. The smallest absolute Gasteiger partial charge is 0.167 e. The van der Waals surface area contributed by atoms with E-state index in [4.69, 9.17) is 5.26 Å². The Labute approximate surface area is 119 Å². The normalized spacial score (nSPS) is 9.78. The van der Waals surface area contributed by atoms with Crippen molar-refractivity contribution in [2.24, 2.45) is 0 Å². The van der Waals surface area contributed by atoms with Gasteiger partial charge in [-0.1, -0.05) is 24.3 Å². The number of nitriles is 1. The van der Waals surface area contributed by atoms with Crippen molar-refractivity contribution in [1.29, 1.82) is 5.26 Å². The van der Waals surface area contributed by atoms with Crippen molar-refractivity contribution in [2.45, 2.75) is 6.42 Å². The van der Waals surface area contributed by atoms with Crippen LogP contribution in [0.4, 0.5) is 0 Å². The first kappa shape index (κ1) is 12.8. The van der Waals surface area contributed by atoms with Crippen LogP contribution in [0.3, 0.4) is 0 Å². The van der Waals surface area contributed by atoms with Crippen molar-refractivity contribution in [1.82, 2.24) is 0 Å². The number of hydrogen-bond donors (Lipinski definition) is 0. The summed E-state index contributed by atoms with van der Waals surface area (Å²) in [4.78, 5) is 12.1. The van der Waals surface area contributed by atoms with E-state index < -0.39 is 0 Å². The van der Waals surface area contributed by atoms with Crippen LogP contribution in [0.15, 0.2) is 48.5 Å². The Balaban J connectivity index is 2.19. The summed E-state index contributed by atoms with van der Waals surface area (Å²) in [6.07, 6.45) is 0.329. The van der Waals surface area contributed by atoms with Gasteiger partial charge in [0.15, 0.2) is 5.78 Å². The number of carbonyl (C=O) groups excluding carboxylic acids is 1. The second kappa shape index (κ2) is 5.78. The van der Waals surface area contributed by atoms with E-state index in [2.05, 4.69) is 28.7 Å². The van der Waals surface area contributed by atoms with Crippen molar-refractivity contribution in [2.75, 3.05) is 0 Å². The first-order chi connectivity index (χ1) is 8.69. The third-order valence-corrected chi connectivity index (χ3v) is 3.24. The number of rotatable bonds is 3. The maximum atomic E-state index is 12.1. The van der Waals surface area contributed by atoms with Gasteiger partial charge in [-0.05, 0) is 52.4 Å². The Morgan fingerprint density at radius 3 is 2.67 bits per heavy atom. The fourth-order valence-corrected chi connectivity index (χ4v) is 2.24. The molecule has 0 aliphatic carbocycles. The standard InChI is InChI=1S/C15H10INO/c16-14-6-2-5-13(9-14)15(18)8-11-3-1-4-12(7-11)10-17/h1-7,9H,8H2. The second-order valence-electron chi connectivity index (χ2n) is 3.92. The van der Waals surface area contributed by atoms with Gasteiger partial charge in [0.25, 0.3) is 0 Å². The predicted molar refractivity (Wildman–Crippen MR) is 78.4 cm³/mol. The first-order valence-corrected chi connectivity index (χ1v) is 6.55. The molecule has 0 fully saturated rings. The van der Waals surface area contributed by atoms with Gasteiger partial charge < -0.3 is 0 Å². The summed E-state index contributed by atoms with van der Waals surface area (Å²) in [5.41, 5.74) is 2.17. The zero-order valence-electron chi connectivity index (χ0n) is 9.56. The van der Waals surface area contributed by atoms with Crippen LogP contribution in [0.2, 0.25) is 0 Å². The Morgan fingerprint density at radius 1 is 1.17 bits per heavy atom. The highest BCUT2D eigenvalue weighted by molar-refractivity contribution is 14.1. The number of hydrogen-bond acceptors (Lipinski definition) is 2. The second-order valence-corrected chi connectivity index (χ2v) is 5.17. The molecule has 0 N–H and O–H groups in total.